The third-order valence-corrected chi connectivity index (χ3v) is 3.76. The predicted octanol–water partition coefficient (Wildman–Crippen LogP) is 3.40. The van der Waals surface area contributed by atoms with E-state index in [0.29, 0.717) is 23.6 Å². The molecule has 0 unspecified atom stereocenters. The monoisotopic (exact) mass is 277 g/mol. The highest BCUT2D eigenvalue weighted by Crippen LogP contribution is 2.30. The van der Waals surface area contributed by atoms with Crippen LogP contribution in [0.3, 0.4) is 0 Å². The van der Waals surface area contributed by atoms with Crippen LogP contribution in [0.25, 0.3) is 0 Å². The van der Waals surface area contributed by atoms with Gasteiger partial charge in [0.15, 0.2) is 0 Å². The van der Waals surface area contributed by atoms with Crippen molar-refractivity contribution in [1.29, 1.82) is 0 Å². The summed E-state index contributed by atoms with van der Waals surface area (Å²) in [6, 6.07) is 5.08. The molecule has 2 rings (SSSR count). The van der Waals surface area contributed by atoms with Crippen LogP contribution in [0.4, 0.5) is 5.69 Å². The fourth-order valence-electron chi connectivity index (χ4n) is 2.54. The van der Waals surface area contributed by atoms with Crippen LogP contribution in [-0.4, -0.2) is 18.7 Å². The molecule has 0 saturated heterocycles. The first kappa shape index (κ1) is 14.7. The Labute approximate surface area is 120 Å². The molecular weight excluding hydrogens is 254 g/mol. The molecule has 1 saturated carbocycles. The zero-order valence-corrected chi connectivity index (χ0v) is 12.2. The van der Waals surface area contributed by atoms with Crippen LogP contribution in [0.1, 0.15) is 49.9 Å². The fourth-order valence-corrected chi connectivity index (χ4v) is 2.54. The van der Waals surface area contributed by atoms with Gasteiger partial charge in [-0.05, 0) is 50.7 Å². The molecule has 110 valence electrons. The summed E-state index contributed by atoms with van der Waals surface area (Å²) in [5.74, 6) is 0.954. The molecule has 4 nitrogen and oxygen atoms in total. The summed E-state index contributed by atoms with van der Waals surface area (Å²) < 4.78 is 11.1. The van der Waals surface area contributed by atoms with Crippen LogP contribution in [0.5, 0.6) is 5.75 Å². The van der Waals surface area contributed by atoms with Crippen molar-refractivity contribution in [3.63, 3.8) is 0 Å². The van der Waals surface area contributed by atoms with Crippen molar-refractivity contribution in [2.75, 3.05) is 12.3 Å². The molecule has 4 heteroatoms. The lowest BCUT2D eigenvalue weighted by atomic mass is 9.89. The number of rotatable bonds is 4. The van der Waals surface area contributed by atoms with Crippen molar-refractivity contribution < 1.29 is 14.3 Å². The van der Waals surface area contributed by atoms with E-state index in [1.807, 2.05) is 0 Å². The lowest BCUT2D eigenvalue weighted by Gasteiger charge is -2.27. The van der Waals surface area contributed by atoms with Crippen LogP contribution >= 0.6 is 0 Å². The number of ether oxygens (including phenoxy) is 2. The number of benzene rings is 1. The summed E-state index contributed by atoms with van der Waals surface area (Å²) in [5, 5.41) is 0. The molecule has 0 amide bonds. The van der Waals surface area contributed by atoms with E-state index >= 15 is 0 Å². The number of carbonyl (C=O) groups excluding carboxylic acids is 1. The lowest BCUT2D eigenvalue weighted by Crippen LogP contribution is -2.24. The second-order valence-electron chi connectivity index (χ2n) is 5.48. The standard InChI is InChI=1S/C16H23NO3/c1-3-19-16(18)14-9-6-12(17)10-15(14)20-13-7-4-11(2)5-8-13/h6,9-11,13H,3-5,7-8,17H2,1-2H3. The van der Waals surface area contributed by atoms with Gasteiger partial charge < -0.3 is 15.2 Å². The van der Waals surface area contributed by atoms with E-state index in [0.717, 1.165) is 18.8 Å². The minimum absolute atomic E-state index is 0.168. The van der Waals surface area contributed by atoms with Crippen molar-refractivity contribution in [1.82, 2.24) is 0 Å². The number of esters is 1. The van der Waals surface area contributed by atoms with Gasteiger partial charge in [-0.2, -0.15) is 0 Å². The van der Waals surface area contributed by atoms with Gasteiger partial charge in [0, 0.05) is 11.8 Å². The number of carbonyl (C=O) groups is 1. The third-order valence-electron chi connectivity index (χ3n) is 3.76. The minimum Gasteiger partial charge on any atom is -0.489 e. The summed E-state index contributed by atoms with van der Waals surface area (Å²) in [6.07, 6.45) is 4.56. The first-order valence-corrected chi connectivity index (χ1v) is 7.33. The molecule has 1 aromatic carbocycles. The molecule has 0 aromatic heterocycles. The molecular formula is C16H23NO3. The zero-order chi connectivity index (χ0) is 14.5. The molecule has 0 heterocycles. The van der Waals surface area contributed by atoms with Gasteiger partial charge >= 0.3 is 5.97 Å². The molecule has 20 heavy (non-hydrogen) atoms. The normalized spacial score (nSPS) is 22.3. The van der Waals surface area contributed by atoms with E-state index in [1.54, 1.807) is 25.1 Å². The van der Waals surface area contributed by atoms with Crippen LogP contribution in [0, 0.1) is 5.92 Å². The van der Waals surface area contributed by atoms with E-state index in [2.05, 4.69) is 6.92 Å². The Hall–Kier alpha value is -1.71. The highest BCUT2D eigenvalue weighted by molar-refractivity contribution is 5.93. The summed E-state index contributed by atoms with van der Waals surface area (Å²) in [5.41, 5.74) is 6.85. The van der Waals surface area contributed by atoms with Crippen molar-refractivity contribution in [3.8, 4) is 5.75 Å². The Bertz CT molecular complexity index is 465. The average molecular weight is 277 g/mol. The largest absolute Gasteiger partial charge is 0.489 e. The molecule has 0 aliphatic heterocycles. The van der Waals surface area contributed by atoms with Gasteiger partial charge in [0.25, 0.3) is 0 Å². The van der Waals surface area contributed by atoms with Crippen molar-refractivity contribution in [3.05, 3.63) is 23.8 Å². The second-order valence-corrected chi connectivity index (χ2v) is 5.48. The Morgan fingerprint density at radius 2 is 2.00 bits per heavy atom. The third kappa shape index (κ3) is 3.65. The molecule has 1 aliphatic rings. The maximum absolute atomic E-state index is 11.9. The maximum Gasteiger partial charge on any atom is 0.341 e. The molecule has 0 bridgehead atoms. The van der Waals surface area contributed by atoms with E-state index in [1.165, 1.54) is 12.8 Å². The van der Waals surface area contributed by atoms with Gasteiger partial charge in [0.05, 0.1) is 12.7 Å². The quantitative estimate of drug-likeness (QED) is 0.676. The van der Waals surface area contributed by atoms with Crippen molar-refractivity contribution in [2.45, 2.75) is 45.6 Å². The van der Waals surface area contributed by atoms with Crippen molar-refractivity contribution in [2.24, 2.45) is 5.92 Å². The number of nitrogen functional groups attached to an aromatic ring is 1. The van der Waals surface area contributed by atoms with Gasteiger partial charge in [-0.15, -0.1) is 0 Å². The predicted molar refractivity (Wildman–Crippen MR) is 78.9 cm³/mol. The summed E-state index contributed by atoms with van der Waals surface area (Å²) >= 11 is 0. The van der Waals surface area contributed by atoms with Crippen LogP contribution in [-0.2, 0) is 4.74 Å². The minimum atomic E-state index is -0.355. The Morgan fingerprint density at radius 3 is 2.65 bits per heavy atom. The Balaban J connectivity index is 2.12. The summed E-state index contributed by atoms with van der Waals surface area (Å²) in [7, 11) is 0. The first-order chi connectivity index (χ1) is 9.60. The van der Waals surface area contributed by atoms with Gasteiger partial charge in [-0.3, -0.25) is 0 Å². The van der Waals surface area contributed by atoms with E-state index in [4.69, 9.17) is 15.2 Å². The molecule has 1 aliphatic carbocycles. The number of hydrogen-bond donors (Lipinski definition) is 1. The number of hydrogen-bond acceptors (Lipinski definition) is 4. The fraction of sp³-hybridized carbons (Fsp3) is 0.562. The van der Waals surface area contributed by atoms with Gasteiger partial charge in [0.2, 0.25) is 0 Å². The molecule has 0 spiro atoms. The zero-order valence-electron chi connectivity index (χ0n) is 12.2. The molecule has 0 radical (unpaired) electrons. The highest BCUT2D eigenvalue weighted by atomic mass is 16.5. The average Bonchev–Trinajstić information content (AvgIpc) is 2.42. The Kier molecular flexibility index (Phi) is 4.88. The van der Waals surface area contributed by atoms with Crippen LogP contribution in [0.2, 0.25) is 0 Å². The van der Waals surface area contributed by atoms with Crippen LogP contribution < -0.4 is 10.5 Å². The van der Waals surface area contributed by atoms with Gasteiger partial charge in [-0.1, -0.05) is 6.92 Å². The maximum atomic E-state index is 11.9. The number of anilines is 1. The smallest absolute Gasteiger partial charge is 0.341 e. The molecule has 1 aromatic rings. The molecule has 0 atom stereocenters. The second kappa shape index (κ2) is 6.64. The SMILES string of the molecule is CCOC(=O)c1ccc(N)cc1OC1CCC(C)CC1. The first-order valence-electron chi connectivity index (χ1n) is 7.33. The van der Waals surface area contributed by atoms with Crippen LogP contribution in [0.15, 0.2) is 18.2 Å². The summed E-state index contributed by atoms with van der Waals surface area (Å²) in [4.78, 5) is 11.9. The van der Waals surface area contributed by atoms with Gasteiger partial charge in [0.1, 0.15) is 11.3 Å². The van der Waals surface area contributed by atoms with Crippen molar-refractivity contribution >= 4 is 11.7 Å². The lowest BCUT2D eigenvalue weighted by molar-refractivity contribution is 0.0515. The van der Waals surface area contributed by atoms with E-state index < -0.39 is 0 Å². The summed E-state index contributed by atoms with van der Waals surface area (Å²) in [6.45, 7) is 4.41. The van der Waals surface area contributed by atoms with E-state index in [-0.39, 0.29) is 12.1 Å². The Morgan fingerprint density at radius 1 is 1.30 bits per heavy atom. The highest BCUT2D eigenvalue weighted by Gasteiger charge is 2.22. The van der Waals surface area contributed by atoms with Gasteiger partial charge in [-0.25, -0.2) is 4.79 Å². The number of nitrogens with two attached hydrogens (primary N) is 1. The molecule has 1 fully saturated rings. The molecule has 2 N–H and O–H groups in total. The van der Waals surface area contributed by atoms with E-state index in [9.17, 15) is 4.79 Å². The topological polar surface area (TPSA) is 61.5 Å².